The van der Waals surface area contributed by atoms with Gasteiger partial charge in [0.2, 0.25) is 0 Å². The van der Waals surface area contributed by atoms with E-state index >= 15 is 0 Å². The highest BCUT2D eigenvalue weighted by Gasteiger charge is 2.36. The maximum Gasteiger partial charge on any atom is 0.323 e. The number of aromatic nitrogens is 3. The summed E-state index contributed by atoms with van der Waals surface area (Å²) in [5.41, 5.74) is 6.92. The number of nitrogens with zero attached hydrogens (tertiary/aromatic N) is 4. The Bertz CT molecular complexity index is 1270. The molecule has 0 radical (unpaired) electrons. The van der Waals surface area contributed by atoms with Crippen molar-refractivity contribution in [3.05, 3.63) is 47.4 Å². The number of nitrogens with one attached hydrogen (secondary N) is 1. The number of nitrogen functional groups attached to an aromatic ring is 1. The zero-order chi connectivity index (χ0) is 25.8. The Kier molecular flexibility index (Phi) is 8.24. The monoisotopic (exact) mass is 532 g/mol. The van der Waals surface area contributed by atoms with Crippen LogP contribution < -0.4 is 15.3 Å². The van der Waals surface area contributed by atoms with E-state index in [-0.39, 0.29) is 30.7 Å². The van der Waals surface area contributed by atoms with E-state index < -0.39 is 20.5 Å². The predicted octanol–water partition coefficient (Wildman–Crippen LogP) is 3.94. The smallest absolute Gasteiger partial charge is 0.323 e. The van der Waals surface area contributed by atoms with Gasteiger partial charge in [-0.3, -0.25) is 4.79 Å². The Balaban J connectivity index is 1.46. The highest BCUT2D eigenvalue weighted by molar-refractivity contribution is 7.45. The number of nitriles is 1. The molecular formula is C23H26ClN6O5P. The number of rotatable bonds is 9. The molecular weight excluding hydrogens is 507 g/mol. The summed E-state index contributed by atoms with van der Waals surface area (Å²) < 4.78 is 24.9. The quantitative estimate of drug-likeness (QED) is 0.307. The van der Waals surface area contributed by atoms with Crippen molar-refractivity contribution < 1.29 is 23.3 Å². The molecule has 2 aromatic heterocycles. The normalized spacial score (nSPS) is 21.1. The maximum absolute atomic E-state index is 11.9. The first-order valence-corrected chi connectivity index (χ1v) is 12.7. The van der Waals surface area contributed by atoms with Gasteiger partial charge in [-0.1, -0.05) is 18.5 Å². The summed E-state index contributed by atoms with van der Waals surface area (Å²) in [6.07, 6.45) is 3.12. The lowest BCUT2D eigenvalue weighted by Gasteiger charge is -2.23. The minimum Gasteiger partial charge on any atom is -0.468 e. The lowest BCUT2D eigenvalue weighted by atomic mass is 10.1. The van der Waals surface area contributed by atoms with Crippen molar-refractivity contribution in [2.45, 2.75) is 38.6 Å². The molecule has 5 unspecified atom stereocenters. The lowest BCUT2D eigenvalue weighted by molar-refractivity contribution is -0.142. The minimum atomic E-state index is -1.72. The number of methoxy groups -OCH3 is 1. The van der Waals surface area contributed by atoms with Gasteiger partial charge in [0, 0.05) is 17.1 Å². The molecule has 5 atom stereocenters. The second kappa shape index (κ2) is 11.4. The van der Waals surface area contributed by atoms with Crippen molar-refractivity contribution in [2.75, 3.05) is 19.5 Å². The van der Waals surface area contributed by atoms with Crippen molar-refractivity contribution in [1.29, 1.82) is 5.26 Å². The molecule has 0 saturated carbocycles. The molecule has 1 saturated heterocycles. The van der Waals surface area contributed by atoms with Gasteiger partial charge in [0.1, 0.15) is 41.9 Å². The van der Waals surface area contributed by atoms with Crippen LogP contribution in [-0.2, 0) is 18.8 Å². The highest BCUT2D eigenvalue weighted by Crippen LogP contribution is 2.41. The lowest BCUT2D eigenvalue weighted by Crippen LogP contribution is -2.33. The van der Waals surface area contributed by atoms with Crippen LogP contribution in [0.1, 0.15) is 32.1 Å². The third-order valence-electron chi connectivity index (χ3n) is 5.72. The standard InChI is InChI=1S/C23H26ClN6O5P/c1-13-8-18(34-22(13)30-10-15(9-25)19-20(26)27-12-28-21(19)30)11-33-36(29-14(2)23(31)32-3)35-17-6-4-16(24)5-7-17/h4-7,10,12-14,18,22,29H,8,11H2,1-3H3,(H2,26,27,28). The average Bonchev–Trinajstić information content (AvgIpc) is 3.43. The van der Waals surface area contributed by atoms with Crippen LogP contribution in [0.4, 0.5) is 5.82 Å². The van der Waals surface area contributed by atoms with Crippen LogP contribution in [0.15, 0.2) is 36.8 Å². The largest absolute Gasteiger partial charge is 0.468 e. The molecule has 0 amide bonds. The fourth-order valence-electron chi connectivity index (χ4n) is 3.97. The summed E-state index contributed by atoms with van der Waals surface area (Å²) in [5, 5.41) is 13.7. The predicted molar refractivity (Wildman–Crippen MR) is 134 cm³/mol. The number of benzene rings is 1. The van der Waals surface area contributed by atoms with Crippen LogP contribution in [-0.4, -0.2) is 46.4 Å². The van der Waals surface area contributed by atoms with E-state index in [0.717, 1.165) is 0 Å². The van der Waals surface area contributed by atoms with Crippen molar-refractivity contribution in [1.82, 2.24) is 19.6 Å². The van der Waals surface area contributed by atoms with Crippen LogP contribution in [0, 0.1) is 17.2 Å². The second-order valence-corrected chi connectivity index (χ2v) is 10.0. The Morgan fingerprint density at radius 2 is 2.17 bits per heavy atom. The molecule has 36 heavy (non-hydrogen) atoms. The zero-order valence-corrected chi connectivity index (χ0v) is 21.6. The molecule has 1 aliphatic heterocycles. The number of anilines is 1. The third-order valence-corrected chi connectivity index (χ3v) is 7.33. The molecule has 4 rings (SSSR count). The van der Waals surface area contributed by atoms with Gasteiger partial charge < -0.3 is 28.8 Å². The third kappa shape index (κ3) is 5.69. The van der Waals surface area contributed by atoms with Crippen LogP contribution in [0.25, 0.3) is 11.0 Å². The summed E-state index contributed by atoms with van der Waals surface area (Å²) in [6.45, 7) is 3.93. The van der Waals surface area contributed by atoms with E-state index in [1.165, 1.54) is 13.4 Å². The first-order valence-electron chi connectivity index (χ1n) is 11.2. The summed E-state index contributed by atoms with van der Waals surface area (Å²) in [6, 6.07) is 8.34. The fourth-order valence-corrected chi connectivity index (χ4v) is 5.31. The minimum absolute atomic E-state index is 0.0993. The molecule has 0 spiro atoms. The molecule has 0 aliphatic carbocycles. The fraction of sp³-hybridized carbons (Fsp3) is 0.391. The molecule has 3 heterocycles. The van der Waals surface area contributed by atoms with Crippen LogP contribution in [0.3, 0.4) is 0 Å². The topological polar surface area (TPSA) is 147 Å². The molecule has 11 nitrogen and oxygen atoms in total. The van der Waals surface area contributed by atoms with Crippen LogP contribution in [0.5, 0.6) is 5.75 Å². The number of carbonyl (C=O) groups excluding carboxylic acids is 1. The molecule has 3 aromatic rings. The molecule has 0 bridgehead atoms. The van der Waals surface area contributed by atoms with Gasteiger partial charge in [0.05, 0.1) is 30.8 Å². The van der Waals surface area contributed by atoms with E-state index in [1.54, 1.807) is 37.4 Å². The summed E-state index contributed by atoms with van der Waals surface area (Å²) in [5.74, 6) is 0.443. The number of esters is 1. The summed E-state index contributed by atoms with van der Waals surface area (Å²) >= 11 is 5.96. The van der Waals surface area contributed by atoms with E-state index in [1.807, 2.05) is 4.57 Å². The number of ether oxygens (including phenoxy) is 2. The van der Waals surface area contributed by atoms with Crippen LogP contribution in [0.2, 0.25) is 5.02 Å². The van der Waals surface area contributed by atoms with Gasteiger partial charge in [-0.2, -0.15) is 5.26 Å². The van der Waals surface area contributed by atoms with E-state index in [0.29, 0.717) is 33.8 Å². The maximum atomic E-state index is 11.9. The molecule has 190 valence electrons. The second-order valence-electron chi connectivity index (χ2n) is 8.35. The van der Waals surface area contributed by atoms with Gasteiger partial charge in [0.25, 0.3) is 0 Å². The SMILES string of the molecule is COC(=O)C(C)NP(OCC1CC(C)C(n2cc(C#N)c3c(N)ncnc32)O1)Oc1ccc(Cl)cc1. The zero-order valence-electron chi connectivity index (χ0n) is 19.9. The molecule has 3 N–H and O–H groups in total. The Morgan fingerprint density at radius 1 is 1.42 bits per heavy atom. The molecule has 13 heteroatoms. The van der Waals surface area contributed by atoms with Gasteiger partial charge >= 0.3 is 14.5 Å². The summed E-state index contributed by atoms with van der Waals surface area (Å²) in [7, 11) is -0.397. The van der Waals surface area contributed by atoms with Crippen molar-refractivity contribution >= 4 is 42.9 Å². The van der Waals surface area contributed by atoms with Gasteiger partial charge in [-0.05, 0) is 37.6 Å². The van der Waals surface area contributed by atoms with Gasteiger partial charge in [-0.15, -0.1) is 0 Å². The van der Waals surface area contributed by atoms with Gasteiger partial charge in [-0.25, -0.2) is 15.1 Å². The van der Waals surface area contributed by atoms with E-state index in [2.05, 4.69) is 28.0 Å². The first-order chi connectivity index (χ1) is 17.3. The van der Waals surface area contributed by atoms with Crippen molar-refractivity contribution in [3.8, 4) is 11.8 Å². The Labute approximate surface area is 214 Å². The molecule has 1 fully saturated rings. The Morgan fingerprint density at radius 3 is 2.86 bits per heavy atom. The first kappa shape index (κ1) is 26.1. The van der Waals surface area contributed by atoms with Crippen LogP contribution >= 0.6 is 20.1 Å². The number of nitrogens with two attached hydrogens (primary N) is 1. The molecule has 1 aliphatic rings. The number of hydrogen-bond acceptors (Lipinski definition) is 10. The Hall–Kier alpha value is -3.00. The highest BCUT2D eigenvalue weighted by atomic mass is 35.5. The number of halogens is 1. The molecule has 1 aromatic carbocycles. The van der Waals surface area contributed by atoms with Gasteiger partial charge in [0.15, 0.2) is 0 Å². The van der Waals surface area contributed by atoms with Crippen molar-refractivity contribution in [3.63, 3.8) is 0 Å². The van der Waals surface area contributed by atoms with E-state index in [4.69, 9.17) is 35.9 Å². The number of hydrogen-bond donors (Lipinski definition) is 2. The number of fused-ring (bicyclic) bond motifs is 1. The number of carbonyl (C=O) groups is 1. The van der Waals surface area contributed by atoms with Crippen molar-refractivity contribution in [2.24, 2.45) is 5.92 Å². The average molecular weight is 533 g/mol. The summed E-state index contributed by atoms with van der Waals surface area (Å²) in [4.78, 5) is 20.3. The van der Waals surface area contributed by atoms with E-state index in [9.17, 15) is 10.1 Å².